The number of carbonyl (C=O) groups is 1. The fourth-order valence-corrected chi connectivity index (χ4v) is 1.56. The first-order valence-corrected chi connectivity index (χ1v) is 6.25. The fourth-order valence-electron chi connectivity index (χ4n) is 1.05. The van der Waals surface area contributed by atoms with Crippen molar-refractivity contribution in [3.8, 4) is 0 Å². The number of rotatable bonds is 4. The minimum Gasteiger partial charge on any atom is -0.351 e. The lowest BCUT2D eigenvalue weighted by Crippen LogP contribution is -2.26. The van der Waals surface area contributed by atoms with Crippen LogP contribution in [0.4, 0.5) is 4.39 Å². The van der Waals surface area contributed by atoms with E-state index in [0.717, 1.165) is 5.75 Å². The summed E-state index contributed by atoms with van der Waals surface area (Å²) in [6.07, 6.45) is 1.95. The van der Waals surface area contributed by atoms with Gasteiger partial charge in [0.05, 0.1) is 5.56 Å². The zero-order valence-corrected chi connectivity index (χ0v) is 10.00. The summed E-state index contributed by atoms with van der Waals surface area (Å²) in [6.45, 7) is 0.538. The van der Waals surface area contributed by atoms with E-state index >= 15 is 0 Å². The molecule has 0 saturated heterocycles. The van der Waals surface area contributed by atoms with Crippen LogP contribution in [0.1, 0.15) is 10.4 Å². The molecular weight excluding hydrogens is 233 g/mol. The highest BCUT2D eigenvalue weighted by molar-refractivity contribution is 7.98. The van der Waals surface area contributed by atoms with Crippen molar-refractivity contribution in [2.24, 2.45) is 0 Å². The van der Waals surface area contributed by atoms with Gasteiger partial charge in [0.2, 0.25) is 0 Å². The van der Waals surface area contributed by atoms with Gasteiger partial charge in [-0.2, -0.15) is 11.8 Å². The van der Waals surface area contributed by atoms with Crippen molar-refractivity contribution < 1.29 is 9.18 Å². The molecular formula is C10H12FNOS2. The van der Waals surface area contributed by atoms with Gasteiger partial charge in [-0.25, -0.2) is 4.39 Å². The number of carbonyl (C=O) groups excluding carboxylic acids is 1. The molecule has 0 bridgehead atoms. The molecule has 0 aliphatic heterocycles. The Morgan fingerprint density at radius 3 is 3.00 bits per heavy atom. The molecule has 0 aromatic heterocycles. The summed E-state index contributed by atoms with van der Waals surface area (Å²) >= 11 is 5.68. The molecule has 0 fully saturated rings. The molecule has 1 N–H and O–H groups in total. The minimum atomic E-state index is -0.519. The number of hydrogen-bond acceptors (Lipinski definition) is 3. The van der Waals surface area contributed by atoms with Crippen molar-refractivity contribution in [2.75, 3.05) is 18.6 Å². The number of thioether (sulfide) groups is 1. The number of halogens is 1. The van der Waals surface area contributed by atoms with Gasteiger partial charge in [0.1, 0.15) is 5.82 Å². The zero-order chi connectivity index (χ0) is 11.3. The van der Waals surface area contributed by atoms with Crippen LogP contribution in [0.5, 0.6) is 0 Å². The van der Waals surface area contributed by atoms with E-state index in [4.69, 9.17) is 0 Å². The van der Waals surface area contributed by atoms with E-state index in [0.29, 0.717) is 11.4 Å². The topological polar surface area (TPSA) is 29.1 Å². The molecule has 1 amide bonds. The normalized spacial score (nSPS) is 10.1. The van der Waals surface area contributed by atoms with Gasteiger partial charge in [-0.05, 0) is 24.5 Å². The van der Waals surface area contributed by atoms with E-state index in [1.54, 1.807) is 11.8 Å². The monoisotopic (exact) mass is 245 g/mol. The Hall–Kier alpha value is -0.680. The average molecular weight is 245 g/mol. The van der Waals surface area contributed by atoms with Gasteiger partial charge in [0.25, 0.3) is 5.91 Å². The molecule has 0 aliphatic carbocycles. The van der Waals surface area contributed by atoms with E-state index in [-0.39, 0.29) is 5.56 Å². The maximum Gasteiger partial charge on any atom is 0.254 e. The first-order chi connectivity index (χ1) is 7.15. The fraction of sp³-hybridized carbons (Fsp3) is 0.300. The molecule has 0 atom stereocenters. The van der Waals surface area contributed by atoms with Gasteiger partial charge in [-0.1, -0.05) is 0 Å². The SMILES string of the molecule is CSCCNC(=O)c1cc(S)ccc1F. The molecule has 1 rings (SSSR count). The summed E-state index contributed by atoms with van der Waals surface area (Å²) in [7, 11) is 0. The second kappa shape index (κ2) is 6.02. The Bertz CT molecular complexity index is 357. The van der Waals surface area contributed by atoms with Crippen LogP contribution >= 0.6 is 24.4 Å². The van der Waals surface area contributed by atoms with Crippen LogP contribution < -0.4 is 5.32 Å². The molecule has 0 unspecified atom stereocenters. The van der Waals surface area contributed by atoms with Crippen molar-refractivity contribution in [2.45, 2.75) is 4.90 Å². The highest BCUT2D eigenvalue weighted by atomic mass is 32.2. The number of thiol groups is 1. The van der Waals surface area contributed by atoms with Crippen LogP contribution in [0.25, 0.3) is 0 Å². The molecule has 0 spiro atoms. The average Bonchev–Trinajstić information content (AvgIpc) is 2.22. The van der Waals surface area contributed by atoms with Crippen LogP contribution in [-0.2, 0) is 0 Å². The smallest absolute Gasteiger partial charge is 0.254 e. The van der Waals surface area contributed by atoms with E-state index in [1.165, 1.54) is 18.2 Å². The molecule has 5 heteroatoms. The van der Waals surface area contributed by atoms with Gasteiger partial charge >= 0.3 is 0 Å². The van der Waals surface area contributed by atoms with Gasteiger partial charge in [-0.3, -0.25) is 4.79 Å². The molecule has 0 saturated carbocycles. The molecule has 1 aromatic carbocycles. The van der Waals surface area contributed by atoms with E-state index in [1.807, 2.05) is 6.26 Å². The molecule has 0 heterocycles. The number of hydrogen-bond donors (Lipinski definition) is 2. The Morgan fingerprint density at radius 1 is 1.60 bits per heavy atom. The Kier molecular flexibility index (Phi) is 4.98. The number of amides is 1. The first kappa shape index (κ1) is 12.4. The van der Waals surface area contributed by atoms with Crippen LogP contribution in [0.15, 0.2) is 23.1 Å². The Morgan fingerprint density at radius 2 is 2.33 bits per heavy atom. The first-order valence-electron chi connectivity index (χ1n) is 4.41. The molecule has 0 radical (unpaired) electrons. The maximum absolute atomic E-state index is 13.2. The van der Waals surface area contributed by atoms with E-state index < -0.39 is 11.7 Å². The largest absolute Gasteiger partial charge is 0.351 e. The van der Waals surface area contributed by atoms with Crippen molar-refractivity contribution in [1.29, 1.82) is 0 Å². The zero-order valence-electron chi connectivity index (χ0n) is 8.29. The summed E-state index contributed by atoms with van der Waals surface area (Å²) in [5, 5.41) is 2.63. The molecule has 0 aliphatic rings. The summed E-state index contributed by atoms with van der Waals surface area (Å²) in [5.74, 6) is -0.0969. The minimum absolute atomic E-state index is 0.0450. The third kappa shape index (κ3) is 3.76. The molecule has 15 heavy (non-hydrogen) atoms. The van der Waals surface area contributed by atoms with Crippen molar-refractivity contribution in [1.82, 2.24) is 5.32 Å². The lowest BCUT2D eigenvalue weighted by molar-refractivity contribution is 0.0952. The Balaban J connectivity index is 2.68. The summed E-state index contributed by atoms with van der Waals surface area (Å²) in [4.78, 5) is 12.1. The van der Waals surface area contributed by atoms with Crippen molar-refractivity contribution in [3.05, 3.63) is 29.6 Å². The standard InChI is InChI=1S/C10H12FNOS2/c1-15-5-4-12-10(13)8-6-7(14)2-3-9(8)11/h2-3,6,14H,4-5H2,1H3,(H,12,13). The van der Waals surface area contributed by atoms with E-state index in [9.17, 15) is 9.18 Å². The quantitative estimate of drug-likeness (QED) is 0.629. The molecule has 2 nitrogen and oxygen atoms in total. The van der Waals surface area contributed by atoms with Gasteiger partial charge < -0.3 is 5.32 Å². The predicted octanol–water partition coefficient (Wildman–Crippen LogP) is 2.21. The lowest BCUT2D eigenvalue weighted by atomic mass is 10.2. The van der Waals surface area contributed by atoms with Crippen LogP contribution in [0, 0.1) is 5.82 Å². The van der Waals surface area contributed by atoms with Crippen LogP contribution in [-0.4, -0.2) is 24.5 Å². The molecule has 82 valence electrons. The second-order valence-electron chi connectivity index (χ2n) is 2.91. The third-order valence-corrected chi connectivity index (χ3v) is 2.68. The third-order valence-electron chi connectivity index (χ3n) is 1.79. The van der Waals surface area contributed by atoms with Crippen molar-refractivity contribution >= 4 is 30.3 Å². The highest BCUT2D eigenvalue weighted by Crippen LogP contribution is 2.13. The van der Waals surface area contributed by atoms with Crippen LogP contribution in [0.3, 0.4) is 0 Å². The molecule has 1 aromatic rings. The van der Waals surface area contributed by atoms with Gasteiger partial charge in [0.15, 0.2) is 0 Å². The predicted molar refractivity (Wildman–Crippen MR) is 64.4 cm³/mol. The Labute approximate surface area is 98.0 Å². The summed E-state index contributed by atoms with van der Waals surface area (Å²) in [6, 6.07) is 4.18. The summed E-state index contributed by atoms with van der Waals surface area (Å²) in [5.41, 5.74) is 0.0450. The van der Waals surface area contributed by atoms with Crippen molar-refractivity contribution in [3.63, 3.8) is 0 Å². The number of benzene rings is 1. The highest BCUT2D eigenvalue weighted by Gasteiger charge is 2.10. The number of nitrogens with one attached hydrogen (secondary N) is 1. The second-order valence-corrected chi connectivity index (χ2v) is 4.41. The van der Waals surface area contributed by atoms with E-state index in [2.05, 4.69) is 17.9 Å². The van der Waals surface area contributed by atoms with Crippen LogP contribution in [0.2, 0.25) is 0 Å². The van der Waals surface area contributed by atoms with Gasteiger partial charge in [-0.15, -0.1) is 12.6 Å². The maximum atomic E-state index is 13.2. The lowest BCUT2D eigenvalue weighted by Gasteiger charge is -2.05. The van der Waals surface area contributed by atoms with Gasteiger partial charge in [0, 0.05) is 17.2 Å². The summed E-state index contributed by atoms with van der Waals surface area (Å²) < 4.78 is 13.2.